The van der Waals surface area contributed by atoms with Crippen molar-refractivity contribution in [3.63, 3.8) is 0 Å². The van der Waals surface area contributed by atoms with Gasteiger partial charge in [-0.15, -0.1) is 0 Å². The van der Waals surface area contributed by atoms with Gasteiger partial charge < -0.3 is 15.2 Å². The average molecular weight is 287 g/mol. The Morgan fingerprint density at radius 1 is 1.25 bits per heavy atom. The molecule has 0 radical (unpaired) electrons. The topological polar surface area (TPSA) is 58.6 Å². The molecule has 0 saturated heterocycles. The summed E-state index contributed by atoms with van der Waals surface area (Å²) >= 11 is 0. The van der Waals surface area contributed by atoms with Crippen molar-refractivity contribution in [1.29, 1.82) is 0 Å². The van der Waals surface area contributed by atoms with Gasteiger partial charge in [0.15, 0.2) is 0 Å². The van der Waals surface area contributed by atoms with Gasteiger partial charge in [0.1, 0.15) is 5.54 Å². The van der Waals surface area contributed by atoms with Crippen LogP contribution in [0.4, 0.5) is 0 Å². The van der Waals surface area contributed by atoms with E-state index in [1.54, 1.807) is 6.92 Å². The second kappa shape index (κ2) is 11.1. The Bertz CT molecular complexity index is 258. The molecule has 0 rings (SSSR count). The highest BCUT2D eigenvalue weighted by atomic mass is 16.5. The molecule has 0 fully saturated rings. The molecule has 0 bridgehead atoms. The molecule has 0 aliphatic rings. The monoisotopic (exact) mass is 287 g/mol. The first-order chi connectivity index (χ1) is 9.46. The van der Waals surface area contributed by atoms with Crippen molar-refractivity contribution >= 4 is 5.97 Å². The van der Waals surface area contributed by atoms with Crippen molar-refractivity contribution in [2.75, 3.05) is 13.2 Å². The highest BCUT2D eigenvalue weighted by Crippen LogP contribution is 2.14. The largest absolute Gasteiger partial charge is 0.480 e. The number of aliphatic carboxylic acids is 1. The van der Waals surface area contributed by atoms with Gasteiger partial charge in [0, 0.05) is 6.61 Å². The van der Waals surface area contributed by atoms with Crippen LogP contribution in [-0.4, -0.2) is 35.9 Å². The summed E-state index contributed by atoms with van der Waals surface area (Å²) in [6.07, 6.45) is 7.81. The van der Waals surface area contributed by atoms with Crippen LogP contribution in [0.25, 0.3) is 0 Å². The summed E-state index contributed by atoms with van der Waals surface area (Å²) in [6, 6.07) is 0. The van der Waals surface area contributed by atoms with Crippen LogP contribution >= 0.6 is 0 Å². The fourth-order valence-corrected chi connectivity index (χ4v) is 2.31. The number of carboxylic acids is 1. The van der Waals surface area contributed by atoms with Crippen molar-refractivity contribution in [1.82, 2.24) is 5.32 Å². The molecule has 0 aromatic carbocycles. The predicted octanol–water partition coefficient (Wildman–Crippen LogP) is 3.59. The normalized spacial score (nSPS) is 15.8. The molecule has 120 valence electrons. The first kappa shape index (κ1) is 19.4. The highest BCUT2D eigenvalue weighted by Gasteiger charge is 2.31. The van der Waals surface area contributed by atoms with E-state index in [1.165, 1.54) is 25.7 Å². The Balaban J connectivity index is 3.75. The minimum atomic E-state index is -0.831. The van der Waals surface area contributed by atoms with Gasteiger partial charge in [0.2, 0.25) is 0 Å². The van der Waals surface area contributed by atoms with Gasteiger partial charge in [0.05, 0.1) is 6.10 Å². The van der Waals surface area contributed by atoms with Gasteiger partial charge >= 0.3 is 5.97 Å². The van der Waals surface area contributed by atoms with Crippen LogP contribution in [0.5, 0.6) is 0 Å². The molecule has 4 nitrogen and oxygen atoms in total. The fourth-order valence-electron chi connectivity index (χ4n) is 2.31. The maximum Gasteiger partial charge on any atom is 0.323 e. The molecule has 2 atom stereocenters. The number of hydrogen-bond donors (Lipinski definition) is 2. The van der Waals surface area contributed by atoms with E-state index in [2.05, 4.69) is 19.2 Å². The number of nitrogens with one attached hydrogen (secondary N) is 1. The summed E-state index contributed by atoms with van der Waals surface area (Å²) in [4.78, 5) is 11.2. The van der Waals surface area contributed by atoms with E-state index in [1.807, 2.05) is 6.92 Å². The molecule has 2 unspecified atom stereocenters. The van der Waals surface area contributed by atoms with E-state index < -0.39 is 11.5 Å². The molecule has 4 heteroatoms. The molecule has 0 aliphatic heterocycles. The predicted molar refractivity (Wildman–Crippen MR) is 83.1 cm³/mol. The second-order valence-corrected chi connectivity index (χ2v) is 5.80. The molecule has 2 N–H and O–H groups in total. The van der Waals surface area contributed by atoms with Crippen LogP contribution in [-0.2, 0) is 9.53 Å². The van der Waals surface area contributed by atoms with Gasteiger partial charge in [-0.05, 0) is 39.7 Å². The van der Waals surface area contributed by atoms with Crippen molar-refractivity contribution in [2.24, 2.45) is 0 Å². The van der Waals surface area contributed by atoms with Gasteiger partial charge in [-0.1, -0.05) is 39.5 Å². The maximum absolute atomic E-state index is 11.2. The van der Waals surface area contributed by atoms with Gasteiger partial charge in [0.25, 0.3) is 0 Å². The molecule has 0 heterocycles. The number of rotatable bonds is 13. The SMILES string of the molecule is CCCCCCC(C)OCCCC(C)(NCC)C(=O)O. The lowest BCUT2D eigenvalue weighted by Crippen LogP contribution is -2.49. The molecule has 20 heavy (non-hydrogen) atoms. The lowest BCUT2D eigenvalue weighted by molar-refractivity contribution is -0.144. The summed E-state index contributed by atoms with van der Waals surface area (Å²) in [5.41, 5.74) is -0.831. The Hall–Kier alpha value is -0.610. The van der Waals surface area contributed by atoms with Crippen molar-refractivity contribution in [3.8, 4) is 0 Å². The van der Waals surface area contributed by atoms with E-state index in [4.69, 9.17) is 4.74 Å². The molecule has 0 aromatic heterocycles. The van der Waals surface area contributed by atoms with E-state index in [9.17, 15) is 9.90 Å². The highest BCUT2D eigenvalue weighted by molar-refractivity contribution is 5.78. The number of carbonyl (C=O) groups is 1. The van der Waals surface area contributed by atoms with Crippen LogP contribution in [0.15, 0.2) is 0 Å². The molecule has 0 saturated carbocycles. The molecule has 0 amide bonds. The summed E-state index contributed by atoms with van der Waals surface area (Å²) in [5.74, 6) is -0.785. The van der Waals surface area contributed by atoms with E-state index >= 15 is 0 Å². The van der Waals surface area contributed by atoms with E-state index in [0.29, 0.717) is 19.6 Å². The average Bonchev–Trinajstić information content (AvgIpc) is 2.40. The Morgan fingerprint density at radius 3 is 2.50 bits per heavy atom. The molecule has 0 aromatic rings. The van der Waals surface area contributed by atoms with E-state index in [0.717, 1.165) is 12.8 Å². The minimum Gasteiger partial charge on any atom is -0.480 e. The van der Waals surface area contributed by atoms with Crippen LogP contribution in [0.1, 0.15) is 72.6 Å². The molecular formula is C16H33NO3. The quantitative estimate of drug-likeness (QED) is 0.508. The Morgan fingerprint density at radius 2 is 1.95 bits per heavy atom. The van der Waals surface area contributed by atoms with Crippen LogP contribution in [0, 0.1) is 0 Å². The van der Waals surface area contributed by atoms with Crippen molar-refractivity contribution in [3.05, 3.63) is 0 Å². The maximum atomic E-state index is 11.2. The van der Waals surface area contributed by atoms with Crippen LogP contribution in [0.3, 0.4) is 0 Å². The third-order valence-electron chi connectivity index (χ3n) is 3.73. The summed E-state index contributed by atoms with van der Waals surface area (Å²) < 4.78 is 5.75. The number of ether oxygens (including phenoxy) is 1. The summed E-state index contributed by atoms with van der Waals surface area (Å²) in [5, 5.41) is 12.3. The van der Waals surface area contributed by atoms with Gasteiger partial charge in [-0.2, -0.15) is 0 Å². The zero-order chi connectivity index (χ0) is 15.4. The second-order valence-electron chi connectivity index (χ2n) is 5.80. The summed E-state index contributed by atoms with van der Waals surface area (Å²) in [6.45, 7) is 9.29. The number of unbranched alkanes of at least 4 members (excludes halogenated alkanes) is 3. The van der Waals surface area contributed by atoms with Crippen molar-refractivity contribution < 1.29 is 14.6 Å². The summed E-state index contributed by atoms with van der Waals surface area (Å²) in [7, 11) is 0. The number of hydrogen-bond acceptors (Lipinski definition) is 3. The van der Waals surface area contributed by atoms with Crippen LogP contribution < -0.4 is 5.32 Å². The first-order valence-corrected chi connectivity index (χ1v) is 8.06. The molecule has 0 spiro atoms. The van der Waals surface area contributed by atoms with Gasteiger partial charge in [-0.3, -0.25) is 4.79 Å². The lowest BCUT2D eigenvalue weighted by Gasteiger charge is -2.26. The zero-order valence-corrected chi connectivity index (χ0v) is 13.7. The first-order valence-electron chi connectivity index (χ1n) is 8.06. The minimum absolute atomic E-state index is 0.280. The molecular weight excluding hydrogens is 254 g/mol. The lowest BCUT2D eigenvalue weighted by atomic mass is 9.96. The smallest absolute Gasteiger partial charge is 0.323 e. The number of carboxylic acid groups (broad SMARTS) is 1. The number of likely N-dealkylation sites (N-methyl/N-ethyl adjacent to an activating group) is 1. The van der Waals surface area contributed by atoms with E-state index in [-0.39, 0.29) is 6.10 Å². The third-order valence-corrected chi connectivity index (χ3v) is 3.73. The van der Waals surface area contributed by atoms with Gasteiger partial charge in [-0.25, -0.2) is 0 Å². The Labute approximate surface area is 124 Å². The third kappa shape index (κ3) is 8.54. The fraction of sp³-hybridized carbons (Fsp3) is 0.938. The molecule has 0 aliphatic carbocycles. The van der Waals surface area contributed by atoms with Crippen LogP contribution in [0.2, 0.25) is 0 Å². The zero-order valence-electron chi connectivity index (χ0n) is 13.7. The Kier molecular flexibility index (Phi) is 10.8. The standard InChI is InChI=1S/C16H33NO3/c1-5-7-8-9-11-14(3)20-13-10-12-16(4,15(18)19)17-6-2/h14,17H,5-13H2,1-4H3,(H,18,19). The van der Waals surface area contributed by atoms with Crippen molar-refractivity contribution in [2.45, 2.75) is 84.3 Å².